The fourth-order valence-electron chi connectivity index (χ4n) is 4.88. The SMILES string of the molecule is CSC[C@H]1CCN(c2nc(-c3ccc(N4CCN(C)CC4)cc3)cc3ncn(C)c(=O)c23)C1. The van der Waals surface area contributed by atoms with Crippen LogP contribution < -0.4 is 15.4 Å². The van der Waals surface area contributed by atoms with E-state index in [9.17, 15) is 4.79 Å². The highest BCUT2D eigenvalue weighted by molar-refractivity contribution is 7.98. The number of piperazine rings is 1. The van der Waals surface area contributed by atoms with Crippen LogP contribution in [0.1, 0.15) is 6.42 Å². The average molecular weight is 465 g/mol. The smallest absolute Gasteiger partial charge is 0.264 e. The van der Waals surface area contributed by atoms with Crippen LogP contribution in [0.3, 0.4) is 0 Å². The molecule has 8 heteroatoms. The van der Waals surface area contributed by atoms with Gasteiger partial charge in [0.15, 0.2) is 0 Å². The number of fused-ring (bicyclic) bond motifs is 1. The molecule has 0 amide bonds. The Balaban J connectivity index is 1.51. The molecule has 1 atom stereocenters. The van der Waals surface area contributed by atoms with Crippen molar-refractivity contribution in [1.82, 2.24) is 19.4 Å². The lowest BCUT2D eigenvalue weighted by Crippen LogP contribution is -2.44. The maximum atomic E-state index is 13.0. The van der Waals surface area contributed by atoms with E-state index in [1.54, 1.807) is 17.9 Å². The molecule has 3 aromatic rings. The summed E-state index contributed by atoms with van der Waals surface area (Å²) in [6, 6.07) is 10.6. The van der Waals surface area contributed by atoms with Gasteiger partial charge in [-0.2, -0.15) is 11.8 Å². The van der Waals surface area contributed by atoms with Crippen molar-refractivity contribution in [1.29, 1.82) is 0 Å². The summed E-state index contributed by atoms with van der Waals surface area (Å²) in [6.45, 7) is 6.14. The molecule has 0 bridgehead atoms. The van der Waals surface area contributed by atoms with Crippen LogP contribution >= 0.6 is 11.8 Å². The van der Waals surface area contributed by atoms with Crippen molar-refractivity contribution in [3.63, 3.8) is 0 Å². The number of anilines is 2. The predicted octanol–water partition coefficient (Wildman–Crippen LogP) is 2.94. The van der Waals surface area contributed by atoms with E-state index in [1.807, 2.05) is 17.8 Å². The number of hydrogen-bond acceptors (Lipinski definition) is 7. The van der Waals surface area contributed by atoms with E-state index in [4.69, 9.17) is 4.98 Å². The van der Waals surface area contributed by atoms with Gasteiger partial charge in [-0.3, -0.25) is 4.79 Å². The van der Waals surface area contributed by atoms with E-state index in [1.165, 1.54) is 5.69 Å². The van der Waals surface area contributed by atoms with Crippen LogP contribution in [0.5, 0.6) is 0 Å². The summed E-state index contributed by atoms with van der Waals surface area (Å²) >= 11 is 1.89. The lowest BCUT2D eigenvalue weighted by atomic mass is 10.1. The Kier molecular flexibility index (Phi) is 6.29. The van der Waals surface area contributed by atoms with Crippen molar-refractivity contribution in [3.05, 3.63) is 47.0 Å². The first kappa shape index (κ1) is 22.2. The Morgan fingerprint density at radius 3 is 2.52 bits per heavy atom. The summed E-state index contributed by atoms with van der Waals surface area (Å²) in [4.78, 5) is 29.8. The lowest BCUT2D eigenvalue weighted by molar-refractivity contribution is 0.313. The molecule has 174 valence electrons. The first-order chi connectivity index (χ1) is 16.0. The predicted molar refractivity (Wildman–Crippen MR) is 139 cm³/mol. The number of aryl methyl sites for hydroxylation is 1. The third kappa shape index (κ3) is 4.46. The first-order valence-electron chi connectivity index (χ1n) is 11.7. The zero-order chi connectivity index (χ0) is 22.9. The number of likely N-dealkylation sites (N-methyl/N-ethyl adjacent to an activating group) is 1. The molecule has 0 spiro atoms. The summed E-state index contributed by atoms with van der Waals surface area (Å²) in [5.41, 5.74) is 3.86. The van der Waals surface area contributed by atoms with Crippen LogP contribution in [0.15, 0.2) is 41.5 Å². The Morgan fingerprint density at radius 1 is 1.03 bits per heavy atom. The topological polar surface area (TPSA) is 57.5 Å². The number of nitrogens with zero attached hydrogens (tertiary/aromatic N) is 6. The molecule has 4 heterocycles. The second-order valence-corrected chi connectivity index (χ2v) is 10.2. The summed E-state index contributed by atoms with van der Waals surface area (Å²) in [6.07, 6.45) is 4.89. The number of thioether (sulfide) groups is 1. The summed E-state index contributed by atoms with van der Waals surface area (Å²) in [7, 11) is 3.93. The largest absolute Gasteiger partial charge is 0.369 e. The zero-order valence-corrected chi connectivity index (χ0v) is 20.5. The molecular weight excluding hydrogens is 432 g/mol. The molecule has 0 saturated carbocycles. The Hall–Kier alpha value is -2.58. The molecule has 0 N–H and O–H groups in total. The van der Waals surface area contributed by atoms with Crippen molar-refractivity contribution in [3.8, 4) is 11.3 Å². The number of aromatic nitrogens is 3. The molecule has 7 nitrogen and oxygen atoms in total. The average Bonchev–Trinajstić information content (AvgIpc) is 3.30. The molecule has 2 fully saturated rings. The minimum atomic E-state index is -0.0345. The van der Waals surface area contributed by atoms with Gasteiger partial charge in [-0.05, 0) is 49.6 Å². The number of pyridine rings is 1. The van der Waals surface area contributed by atoms with Crippen molar-refractivity contribution >= 4 is 34.2 Å². The second kappa shape index (κ2) is 9.35. The maximum Gasteiger partial charge on any atom is 0.264 e. The van der Waals surface area contributed by atoms with E-state index >= 15 is 0 Å². The molecule has 5 rings (SSSR count). The van der Waals surface area contributed by atoms with Crippen LogP contribution in [-0.4, -0.2) is 77.8 Å². The van der Waals surface area contributed by atoms with Crippen LogP contribution in [0.25, 0.3) is 22.2 Å². The number of benzene rings is 1. The van der Waals surface area contributed by atoms with Crippen LogP contribution in [0.4, 0.5) is 11.5 Å². The van der Waals surface area contributed by atoms with Gasteiger partial charge < -0.3 is 19.3 Å². The molecule has 1 aromatic carbocycles. The van der Waals surface area contributed by atoms with Gasteiger partial charge in [-0.25, -0.2) is 9.97 Å². The van der Waals surface area contributed by atoms with Crippen molar-refractivity contribution < 1.29 is 0 Å². The van der Waals surface area contributed by atoms with Gasteiger partial charge in [0.25, 0.3) is 5.56 Å². The minimum absolute atomic E-state index is 0.0345. The standard InChI is InChI=1S/C25H32N6OS/c1-28-10-12-30(13-11-28)20-6-4-19(5-7-20)21-14-22-23(25(32)29(2)17-26-22)24(27-21)31-9-8-18(15-31)16-33-3/h4-7,14,17-18H,8-13,15-16H2,1-3H3/t18-/m0/s1. The van der Waals surface area contributed by atoms with Crippen molar-refractivity contribution in [2.75, 3.05) is 68.1 Å². The highest BCUT2D eigenvalue weighted by Gasteiger charge is 2.26. The molecule has 2 aromatic heterocycles. The molecular formula is C25H32N6OS. The first-order valence-corrected chi connectivity index (χ1v) is 13.1. The van der Waals surface area contributed by atoms with Gasteiger partial charge in [-0.1, -0.05) is 12.1 Å². The molecule has 0 radical (unpaired) electrons. The normalized spacial score (nSPS) is 19.5. The fourth-order valence-corrected chi connectivity index (χ4v) is 5.63. The minimum Gasteiger partial charge on any atom is -0.369 e. The van der Waals surface area contributed by atoms with E-state index in [2.05, 4.69) is 57.3 Å². The van der Waals surface area contributed by atoms with Crippen molar-refractivity contribution in [2.24, 2.45) is 13.0 Å². The van der Waals surface area contributed by atoms with Gasteiger partial charge >= 0.3 is 0 Å². The lowest BCUT2D eigenvalue weighted by Gasteiger charge is -2.34. The summed E-state index contributed by atoms with van der Waals surface area (Å²) in [5, 5.41) is 0.627. The highest BCUT2D eigenvalue weighted by Crippen LogP contribution is 2.32. The van der Waals surface area contributed by atoms with Crippen LogP contribution in [0.2, 0.25) is 0 Å². The zero-order valence-electron chi connectivity index (χ0n) is 19.7. The maximum absolute atomic E-state index is 13.0. The molecule has 0 unspecified atom stereocenters. The van der Waals surface area contributed by atoms with Gasteiger partial charge in [0.05, 0.1) is 17.5 Å². The molecule has 33 heavy (non-hydrogen) atoms. The Bertz CT molecular complexity index is 1190. The Labute approximate surface area is 199 Å². The molecule has 2 saturated heterocycles. The van der Waals surface area contributed by atoms with Gasteiger partial charge in [0.2, 0.25) is 0 Å². The molecule has 2 aliphatic heterocycles. The van der Waals surface area contributed by atoms with E-state index < -0.39 is 0 Å². The van der Waals surface area contributed by atoms with Crippen molar-refractivity contribution in [2.45, 2.75) is 6.42 Å². The third-order valence-corrected chi connectivity index (χ3v) is 7.71. The van der Waals surface area contributed by atoms with Gasteiger partial charge in [-0.15, -0.1) is 0 Å². The summed E-state index contributed by atoms with van der Waals surface area (Å²) < 4.78 is 1.55. The van der Waals surface area contributed by atoms with Crippen LogP contribution in [-0.2, 0) is 7.05 Å². The van der Waals surface area contributed by atoms with E-state index in [-0.39, 0.29) is 5.56 Å². The number of rotatable bonds is 5. The Morgan fingerprint density at radius 2 is 1.79 bits per heavy atom. The number of hydrogen-bond donors (Lipinski definition) is 0. The monoisotopic (exact) mass is 464 g/mol. The highest BCUT2D eigenvalue weighted by atomic mass is 32.2. The van der Waals surface area contributed by atoms with Gasteiger partial charge in [0, 0.05) is 57.6 Å². The third-order valence-electron chi connectivity index (χ3n) is 6.90. The fraction of sp³-hybridized carbons (Fsp3) is 0.480. The summed E-state index contributed by atoms with van der Waals surface area (Å²) in [5.74, 6) is 2.55. The second-order valence-electron chi connectivity index (χ2n) is 9.28. The quantitative estimate of drug-likeness (QED) is 0.575. The van der Waals surface area contributed by atoms with E-state index in [0.717, 1.165) is 74.0 Å². The van der Waals surface area contributed by atoms with E-state index in [0.29, 0.717) is 11.3 Å². The van der Waals surface area contributed by atoms with Crippen LogP contribution in [0, 0.1) is 5.92 Å². The molecule has 0 aliphatic carbocycles. The van der Waals surface area contributed by atoms with Gasteiger partial charge in [0.1, 0.15) is 11.2 Å². The molecule has 2 aliphatic rings.